The first-order valence-corrected chi connectivity index (χ1v) is 10.5. The molecule has 0 unspecified atom stereocenters. The van der Waals surface area contributed by atoms with Crippen molar-refractivity contribution in [2.45, 2.75) is 6.54 Å². The number of halogens is 1. The molecule has 0 saturated heterocycles. The lowest BCUT2D eigenvalue weighted by Crippen LogP contribution is -2.74. The maximum absolute atomic E-state index is 8.49. The number of rotatable bonds is 5. The molecule has 168 valence electrons. The van der Waals surface area contributed by atoms with Crippen LogP contribution in [0.3, 0.4) is 0 Å². The average Bonchev–Trinajstić information content (AvgIpc) is 3.29. The Morgan fingerprint density at radius 2 is 1.53 bits per heavy atom. The molecular formula is C22H20ClNO8. The van der Waals surface area contributed by atoms with Gasteiger partial charge in [0.15, 0.2) is 12.3 Å². The predicted molar refractivity (Wildman–Crippen MR) is 101 cm³/mol. The Balaban J connectivity index is 0.000000523. The van der Waals surface area contributed by atoms with E-state index >= 15 is 0 Å². The van der Waals surface area contributed by atoms with Crippen LogP contribution in [0.25, 0.3) is 22.3 Å². The van der Waals surface area contributed by atoms with Crippen molar-refractivity contribution in [1.29, 1.82) is 0 Å². The third kappa shape index (κ3) is 6.58. The van der Waals surface area contributed by atoms with E-state index in [4.69, 9.17) is 36.9 Å². The third-order valence-corrected chi connectivity index (χ3v) is 4.38. The van der Waals surface area contributed by atoms with Gasteiger partial charge in [-0.1, -0.05) is 0 Å². The SMILES string of the molecule is COc1ccc(-c2cc(=[NH+]Cc3ccco3)c3cc(OC)ccc3o2)cc1.[O-][Cl+3]([O-])([O-])[O-]. The van der Waals surface area contributed by atoms with Gasteiger partial charge in [-0.15, -0.1) is 10.2 Å². The quantitative estimate of drug-likeness (QED) is 0.363. The van der Waals surface area contributed by atoms with Crippen molar-refractivity contribution < 1.29 is 52.2 Å². The largest absolute Gasteiger partial charge is 0.497 e. The minimum absolute atomic E-state index is 0.575. The fraction of sp³-hybridized carbons (Fsp3) is 0.136. The number of ether oxygens (including phenoxy) is 2. The fourth-order valence-corrected chi connectivity index (χ4v) is 2.93. The molecule has 0 atom stereocenters. The first-order valence-electron chi connectivity index (χ1n) is 9.24. The number of hydrogen-bond donors (Lipinski definition) is 1. The van der Waals surface area contributed by atoms with Gasteiger partial charge < -0.3 is 18.3 Å². The van der Waals surface area contributed by atoms with Crippen molar-refractivity contribution in [1.82, 2.24) is 0 Å². The van der Waals surface area contributed by atoms with Crippen LogP contribution in [0.15, 0.2) is 75.8 Å². The van der Waals surface area contributed by atoms with Crippen molar-refractivity contribution in [2.24, 2.45) is 0 Å². The van der Waals surface area contributed by atoms with Crippen molar-refractivity contribution >= 4 is 11.0 Å². The van der Waals surface area contributed by atoms with Crippen LogP contribution in [-0.2, 0) is 6.54 Å². The summed E-state index contributed by atoms with van der Waals surface area (Å²) in [5, 5.41) is 1.88. The van der Waals surface area contributed by atoms with Crippen LogP contribution in [0, 0.1) is 10.2 Å². The average molecular weight is 462 g/mol. The van der Waals surface area contributed by atoms with E-state index < -0.39 is 10.2 Å². The molecule has 2 aromatic heterocycles. The maximum Gasteiger partial charge on any atom is 0.213 e. The van der Waals surface area contributed by atoms with E-state index in [1.165, 1.54) is 0 Å². The molecule has 9 nitrogen and oxygen atoms in total. The van der Waals surface area contributed by atoms with Crippen molar-refractivity contribution in [3.8, 4) is 22.8 Å². The van der Waals surface area contributed by atoms with E-state index in [-0.39, 0.29) is 0 Å². The summed E-state index contributed by atoms with van der Waals surface area (Å²) >= 11 is 0. The summed E-state index contributed by atoms with van der Waals surface area (Å²) in [5.41, 5.74) is 1.74. The van der Waals surface area contributed by atoms with Gasteiger partial charge in [-0.3, -0.25) is 0 Å². The summed E-state index contributed by atoms with van der Waals surface area (Å²) in [7, 11) is -1.64. The first-order chi connectivity index (χ1) is 15.3. The van der Waals surface area contributed by atoms with E-state index in [2.05, 4.69) is 4.99 Å². The molecule has 0 bridgehead atoms. The van der Waals surface area contributed by atoms with Crippen LogP contribution in [0.5, 0.6) is 11.5 Å². The molecule has 32 heavy (non-hydrogen) atoms. The van der Waals surface area contributed by atoms with Gasteiger partial charge in [0.25, 0.3) is 0 Å². The molecule has 0 aliphatic heterocycles. The van der Waals surface area contributed by atoms with Gasteiger partial charge in [0.1, 0.15) is 22.8 Å². The Morgan fingerprint density at radius 1 is 0.875 bits per heavy atom. The molecule has 0 aliphatic rings. The molecule has 0 spiro atoms. The van der Waals surface area contributed by atoms with Gasteiger partial charge in [0.05, 0.1) is 31.9 Å². The number of fused-ring (bicyclic) bond motifs is 1. The molecule has 0 radical (unpaired) electrons. The van der Waals surface area contributed by atoms with Gasteiger partial charge in [-0.05, 0) is 54.6 Å². The number of furan rings is 1. The molecule has 0 fully saturated rings. The normalized spacial score (nSPS) is 11.8. The molecular weight excluding hydrogens is 442 g/mol. The van der Waals surface area contributed by atoms with Crippen LogP contribution in [0.4, 0.5) is 0 Å². The van der Waals surface area contributed by atoms with Gasteiger partial charge >= 0.3 is 0 Å². The zero-order valence-electron chi connectivity index (χ0n) is 17.2. The highest BCUT2D eigenvalue weighted by atomic mass is 35.7. The second-order valence-electron chi connectivity index (χ2n) is 6.43. The molecule has 2 heterocycles. The van der Waals surface area contributed by atoms with Crippen molar-refractivity contribution in [3.05, 3.63) is 78.0 Å². The second kappa shape index (κ2) is 10.3. The van der Waals surface area contributed by atoms with Crippen molar-refractivity contribution in [3.63, 3.8) is 0 Å². The standard InChI is InChI=1S/C22H19NO4.ClHO4/c1-24-16-7-5-15(6-8-16)22-13-20(23-14-18-4-3-11-26-18)19-12-17(25-2)9-10-21(19)27-22;2-1(3,4)5/h3-13H,14H2,1-2H3;(H,2,3,4,5). The van der Waals surface area contributed by atoms with E-state index in [1.807, 2.05) is 60.7 Å². The topological polar surface area (TPSA) is 151 Å². The highest BCUT2D eigenvalue weighted by Crippen LogP contribution is 2.25. The molecule has 1 N–H and O–H groups in total. The minimum Gasteiger partial charge on any atom is -0.497 e. The maximum atomic E-state index is 8.49. The minimum atomic E-state index is -4.94. The van der Waals surface area contributed by atoms with E-state index in [0.29, 0.717) is 6.54 Å². The Bertz CT molecular complexity index is 1210. The highest BCUT2D eigenvalue weighted by molar-refractivity contribution is 5.79. The summed E-state index contributed by atoms with van der Waals surface area (Å²) < 4.78 is 56.1. The summed E-state index contributed by atoms with van der Waals surface area (Å²) in [6.07, 6.45) is 1.67. The Kier molecular flexibility index (Phi) is 7.52. The van der Waals surface area contributed by atoms with Gasteiger partial charge in [-0.2, -0.15) is 0 Å². The Hall–Kier alpha value is -3.34. The van der Waals surface area contributed by atoms with Crippen molar-refractivity contribution in [2.75, 3.05) is 14.2 Å². The molecule has 10 heteroatoms. The third-order valence-electron chi connectivity index (χ3n) is 4.38. The first kappa shape index (κ1) is 23.3. The second-order valence-corrected chi connectivity index (χ2v) is 7.18. The Morgan fingerprint density at radius 3 is 2.12 bits per heavy atom. The number of benzene rings is 2. The van der Waals surface area contributed by atoms with E-state index in [1.54, 1.807) is 20.5 Å². The van der Waals surface area contributed by atoms with E-state index in [9.17, 15) is 0 Å². The number of methoxy groups -OCH3 is 2. The van der Waals surface area contributed by atoms with E-state index in [0.717, 1.165) is 44.9 Å². The van der Waals surface area contributed by atoms with Crippen LogP contribution in [-0.4, -0.2) is 14.2 Å². The molecule has 4 aromatic rings. The van der Waals surface area contributed by atoms with Gasteiger partial charge in [-0.25, -0.2) is 23.6 Å². The molecule has 4 rings (SSSR count). The number of nitrogens with one attached hydrogen (secondary N) is 1. The summed E-state index contributed by atoms with van der Waals surface area (Å²) in [5.74, 6) is 3.20. The lowest BCUT2D eigenvalue weighted by molar-refractivity contribution is -2.00. The summed E-state index contributed by atoms with van der Waals surface area (Å²) in [6, 6.07) is 19.4. The summed E-state index contributed by atoms with van der Waals surface area (Å²) in [6.45, 7) is 0.575. The zero-order chi connectivity index (χ0) is 23.1. The predicted octanol–water partition coefficient (Wildman–Crippen LogP) is -1.86. The Labute approximate surface area is 185 Å². The lowest BCUT2D eigenvalue weighted by atomic mass is 10.1. The van der Waals surface area contributed by atoms with Crippen LogP contribution >= 0.6 is 0 Å². The van der Waals surface area contributed by atoms with Crippen LogP contribution in [0.2, 0.25) is 0 Å². The molecule has 2 aromatic carbocycles. The molecule has 0 saturated carbocycles. The number of hydrogen-bond acceptors (Lipinski definition) is 8. The molecule has 0 aliphatic carbocycles. The monoisotopic (exact) mass is 461 g/mol. The highest BCUT2D eigenvalue weighted by Gasteiger charge is 2.11. The smallest absolute Gasteiger partial charge is 0.213 e. The summed E-state index contributed by atoms with van der Waals surface area (Å²) in [4.78, 5) is 3.44. The fourth-order valence-electron chi connectivity index (χ4n) is 2.93. The zero-order valence-corrected chi connectivity index (χ0v) is 18.0. The lowest BCUT2D eigenvalue weighted by Gasteiger charge is -2.17. The van der Waals surface area contributed by atoms with Gasteiger partial charge in [0, 0.05) is 5.56 Å². The van der Waals surface area contributed by atoms with Crippen LogP contribution < -0.4 is 38.5 Å². The molecule has 0 amide bonds. The van der Waals surface area contributed by atoms with Crippen LogP contribution in [0.1, 0.15) is 5.76 Å². The van der Waals surface area contributed by atoms with Gasteiger partial charge in [0.2, 0.25) is 5.36 Å².